The minimum atomic E-state index is 0.570. The summed E-state index contributed by atoms with van der Waals surface area (Å²) in [6.45, 7) is 15.8. The molecule has 0 aliphatic heterocycles. The van der Waals surface area contributed by atoms with Gasteiger partial charge in [0.2, 0.25) is 0 Å². The summed E-state index contributed by atoms with van der Waals surface area (Å²) in [7, 11) is 0. The summed E-state index contributed by atoms with van der Waals surface area (Å²) in [4.78, 5) is 7.72. The third kappa shape index (κ3) is 4.31. The SMILES string of the molecule is [C-]#[N+]c1ccc2c3ccccc3n(-c3ccc(-c4cccc([N+]#[C-])c4-c4ccccc4-n4c5ccccc5c5cc(C#N)ccc54)cc3)c2c1. The van der Waals surface area contributed by atoms with Crippen LogP contribution in [0.3, 0.4) is 0 Å². The molecule has 2 heterocycles. The van der Waals surface area contributed by atoms with Crippen molar-refractivity contribution in [3.05, 3.63) is 180 Å². The van der Waals surface area contributed by atoms with Crippen molar-refractivity contribution in [3.63, 3.8) is 0 Å². The molecular formula is C45H25N5. The Kier molecular flexibility index (Phi) is 6.56. The number of hydrogen-bond acceptors (Lipinski definition) is 1. The second kappa shape index (κ2) is 11.4. The van der Waals surface area contributed by atoms with E-state index < -0.39 is 0 Å². The number of para-hydroxylation sites is 3. The van der Waals surface area contributed by atoms with Crippen molar-refractivity contribution < 1.29 is 0 Å². The van der Waals surface area contributed by atoms with Crippen LogP contribution in [-0.4, -0.2) is 9.13 Å². The van der Waals surface area contributed by atoms with Gasteiger partial charge in [-0.2, -0.15) is 5.26 Å². The summed E-state index contributed by atoms with van der Waals surface area (Å²) in [6.07, 6.45) is 0. The molecule has 0 aliphatic carbocycles. The van der Waals surface area contributed by atoms with Gasteiger partial charge >= 0.3 is 0 Å². The lowest BCUT2D eigenvalue weighted by Crippen LogP contribution is -1.98. The van der Waals surface area contributed by atoms with Crippen LogP contribution in [-0.2, 0) is 0 Å². The summed E-state index contributed by atoms with van der Waals surface area (Å²) in [6, 6.07) is 53.2. The zero-order valence-corrected chi connectivity index (χ0v) is 26.7. The highest BCUT2D eigenvalue weighted by Crippen LogP contribution is 2.44. The zero-order chi connectivity index (χ0) is 33.8. The van der Waals surface area contributed by atoms with E-state index in [1.165, 1.54) is 0 Å². The number of benzene rings is 7. The Morgan fingerprint density at radius 1 is 0.500 bits per heavy atom. The highest BCUT2D eigenvalue weighted by molar-refractivity contribution is 6.11. The number of fused-ring (bicyclic) bond motifs is 6. The van der Waals surface area contributed by atoms with Gasteiger partial charge in [-0.25, -0.2) is 9.69 Å². The molecule has 5 nitrogen and oxygen atoms in total. The molecule has 9 aromatic rings. The van der Waals surface area contributed by atoms with Crippen LogP contribution in [0.2, 0.25) is 0 Å². The molecule has 0 saturated carbocycles. The molecule has 0 atom stereocenters. The van der Waals surface area contributed by atoms with E-state index in [2.05, 4.69) is 91.6 Å². The van der Waals surface area contributed by atoms with Crippen LogP contribution in [0.1, 0.15) is 5.56 Å². The topological polar surface area (TPSA) is 42.4 Å². The van der Waals surface area contributed by atoms with Gasteiger partial charge in [0.1, 0.15) is 0 Å². The smallest absolute Gasteiger partial charge is 0.195 e. The van der Waals surface area contributed by atoms with Crippen molar-refractivity contribution in [2.45, 2.75) is 0 Å². The van der Waals surface area contributed by atoms with Crippen LogP contribution in [0.4, 0.5) is 11.4 Å². The summed E-state index contributed by atoms with van der Waals surface area (Å²) in [5.41, 5.74) is 11.6. The maximum atomic E-state index is 9.67. The molecule has 0 aliphatic rings. The van der Waals surface area contributed by atoms with Gasteiger partial charge in [0.05, 0.1) is 47.0 Å². The molecule has 0 bridgehead atoms. The molecule has 0 N–H and O–H groups in total. The fourth-order valence-electron chi connectivity index (χ4n) is 7.44. The minimum Gasteiger partial charge on any atom is -0.311 e. The predicted octanol–water partition coefficient (Wildman–Crippen LogP) is 12.2. The molecule has 0 unspecified atom stereocenters. The molecule has 7 aromatic carbocycles. The fraction of sp³-hybridized carbons (Fsp3) is 0. The molecule has 0 spiro atoms. The second-order valence-corrected chi connectivity index (χ2v) is 12.2. The molecule has 9 rings (SSSR count). The Bertz CT molecular complexity index is 2960. The lowest BCUT2D eigenvalue weighted by molar-refractivity contribution is 1.18. The predicted molar refractivity (Wildman–Crippen MR) is 203 cm³/mol. The third-order valence-electron chi connectivity index (χ3n) is 9.60. The number of rotatable bonds is 4. The summed E-state index contributed by atoms with van der Waals surface area (Å²) >= 11 is 0. The molecule has 5 heteroatoms. The largest absolute Gasteiger partial charge is 0.311 e. The van der Waals surface area contributed by atoms with Crippen LogP contribution < -0.4 is 0 Å². The molecule has 230 valence electrons. The van der Waals surface area contributed by atoms with Crippen molar-refractivity contribution in [2.75, 3.05) is 0 Å². The monoisotopic (exact) mass is 635 g/mol. The van der Waals surface area contributed by atoms with Crippen LogP contribution in [0.25, 0.3) is 86.9 Å². The Morgan fingerprint density at radius 2 is 1.16 bits per heavy atom. The zero-order valence-electron chi connectivity index (χ0n) is 26.7. The normalized spacial score (nSPS) is 11.1. The van der Waals surface area contributed by atoms with Gasteiger partial charge in [0.15, 0.2) is 11.4 Å². The summed E-state index contributed by atoms with van der Waals surface area (Å²) < 4.78 is 4.46. The van der Waals surface area contributed by atoms with E-state index in [-0.39, 0.29) is 0 Å². The summed E-state index contributed by atoms with van der Waals surface area (Å²) in [5, 5.41) is 14.0. The third-order valence-corrected chi connectivity index (χ3v) is 9.60. The van der Waals surface area contributed by atoms with Gasteiger partial charge < -0.3 is 9.13 Å². The molecule has 0 radical (unpaired) electrons. The first-order valence-corrected chi connectivity index (χ1v) is 16.2. The number of hydrogen-bond donors (Lipinski definition) is 0. The molecule has 0 saturated heterocycles. The van der Waals surface area contributed by atoms with Crippen LogP contribution in [0, 0.1) is 24.5 Å². The first-order chi connectivity index (χ1) is 24.7. The van der Waals surface area contributed by atoms with Gasteiger partial charge in [-0.05, 0) is 76.9 Å². The van der Waals surface area contributed by atoms with E-state index in [0.717, 1.165) is 77.2 Å². The average Bonchev–Trinajstić information content (AvgIpc) is 3.69. The van der Waals surface area contributed by atoms with E-state index in [1.807, 2.05) is 84.9 Å². The van der Waals surface area contributed by atoms with E-state index in [1.54, 1.807) is 0 Å². The van der Waals surface area contributed by atoms with Crippen molar-refractivity contribution in [1.29, 1.82) is 5.26 Å². The maximum Gasteiger partial charge on any atom is 0.195 e. The quantitative estimate of drug-likeness (QED) is 0.177. The number of nitriles is 1. The molecule has 0 fully saturated rings. The van der Waals surface area contributed by atoms with Crippen LogP contribution in [0.15, 0.2) is 152 Å². The van der Waals surface area contributed by atoms with Crippen LogP contribution in [0.5, 0.6) is 0 Å². The Balaban J connectivity index is 1.24. The van der Waals surface area contributed by atoms with E-state index in [0.29, 0.717) is 16.9 Å². The lowest BCUT2D eigenvalue weighted by Gasteiger charge is -2.18. The van der Waals surface area contributed by atoms with Crippen molar-refractivity contribution in [3.8, 4) is 39.7 Å². The molecule has 2 aromatic heterocycles. The highest BCUT2D eigenvalue weighted by atomic mass is 15.0. The fourth-order valence-corrected chi connectivity index (χ4v) is 7.44. The molecular weight excluding hydrogens is 611 g/mol. The molecule has 50 heavy (non-hydrogen) atoms. The van der Waals surface area contributed by atoms with Gasteiger partial charge in [0.25, 0.3) is 0 Å². The first kappa shape index (κ1) is 28.8. The van der Waals surface area contributed by atoms with E-state index >= 15 is 0 Å². The van der Waals surface area contributed by atoms with Gasteiger partial charge in [-0.1, -0.05) is 97.1 Å². The van der Waals surface area contributed by atoms with Gasteiger partial charge in [0, 0.05) is 32.7 Å². The first-order valence-electron chi connectivity index (χ1n) is 16.2. The Labute approximate surface area is 288 Å². The lowest BCUT2D eigenvalue weighted by atomic mass is 9.92. The maximum absolute atomic E-state index is 9.67. The van der Waals surface area contributed by atoms with E-state index in [9.17, 15) is 5.26 Å². The van der Waals surface area contributed by atoms with Crippen molar-refractivity contribution in [1.82, 2.24) is 9.13 Å². The van der Waals surface area contributed by atoms with Gasteiger partial charge in [-0.3, -0.25) is 0 Å². The number of nitrogens with zero attached hydrogens (tertiary/aromatic N) is 5. The second-order valence-electron chi connectivity index (χ2n) is 12.2. The van der Waals surface area contributed by atoms with E-state index in [4.69, 9.17) is 13.1 Å². The van der Waals surface area contributed by atoms with Crippen molar-refractivity contribution >= 4 is 55.0 Å². The Morgan fingerprint density at radius 3 is 1.92 bits per heavy atom. The number of aromatic nitrogens is 2. The average molecular weight is 636 g/mol. The standard InChI is InChI=1S/C45H25N5/c1-47-31-21-24-36-34-10-3-6-15-40(34)49(44(36)27-31)32-22-19-30(20-23-32)33-13-9-14-39(48-2)45(33)37-12-5-8-17-42(37)50-41-16-7-4-11-35(41)38-26-29(28-46)18-25-43(38)50/h3-27H. The highest BCUT2D eigenvalue weighted by Gasteiger charge is 2.20. The summed E-state index contributed by atoms with van der Waals surface area (Å²) in [5.74, 6) is 0. The van der Waals surface area contributed by atoms with Gasteiger partial charge in [-0.15, -0.1) is 0 Å². The van der Waals surface area contributed by atoms with Crippen molar-refractivity contribution in [2.24, 2.45) is 0 Å². The van der Waals surface area contributed by atoms with Crippen LogP contribution >= 0.6 is 0 Å². The molecule has 0 amide bonds. The minimum absolute atomic E-state index is 0.570. The Hall–Kier alpha value is -7.39.